The average molecular weight is 421 g/mol. The van der Waals surface area contributed by atoms with Crippen molar-refractivity contribution in [2.45, 2.75) is 30.7 Å². The molecule has 0 atom stereocenters. The number of rotatable bonds is 7. The number of H-pyrrole nitrogens is 2. The predicted molar refractivity (Wildman–Crippen MR) is 117 cm³/mol. The highest BCUT2D eigenvalue weighted by Gasteiger charge is 2.12. The summed E-state index contributed by atoms with van der Waals surface area (Å²) in [7, 11) is 0. The van der Waals surface area contributed by atoms with E-state index in [9.17, 15) is 9.18 Å². The smallest absolute Gasteiger partial charge is 0.254 e. The Bertz CT molecular complexity index is 1190. The van der Waals surface area contributed by atoms with Gasteiger partial charge < -0.3 is 4.98 Å². The lowest BCUT2D eigenvalue weighted by molar-refractivity contribution is 0.628. The van der Waals surface area contributed by atoms with E-state index in [-0.39, 0.29) is 11.4 Å². The van der Waals surface area contributed by atoms with Crippen molar-refractivity contribution in [2.75, 3.05) is 0 Å². The van der Waals surface area contributed by atoms with Crippen molar-refractivity contribution >= 4 is 11.8 Å². The van der Waals surface area contributed by atoms with Crippen molar-refractivity contribution < 1.29 is 4.39 Å². The van der Waals surface area contributed by atoms with Crippen molar-refractivity contribution in [1.82, 2.24) is 20.2 Å². The fourth-order valence-electron chi connectivity index (χ4n) is 3.25. The predicted octanol–water partition coefficient (Wildman–Crippen LogP) is 4.74. The molecule has 2 aromatic carbocycles. The van der Waals surface area contributed by atoms with E-state index >= 15 is 0 Å². The standard InChI is InChI=1S/C23H21FN4OS/c1-2-19-21(12-15-6-4-3-5-7-15)25-23(26-22(19)29)30-14-18-13-20(28-27-18)16-8-10-17(24)11-9-16/h3-11,13H,2,12,14H2,1H3,(H,27,28)(H,25,26,29). The van der Waals surface area contributed by atoms with E-state index in [0.29, 0.717) is 23.8 Å². The zero-order valence-electron chi connectivity index (χ0n) is 16.5. The van der Waals surface area contributed by atoms with Gasteiger partial charge in [0.25, 0.3) is 5.56 Å². The van der Waals surface area contributed by atoms with Crippen molar-refractivity contribution in [3.8, 4) is 11.3 Å². The van der Waals surface area contributed by atoms with E-state index in [4.69, 9.17) is 4.98 Å². The van der Waals surface area contributed by atoms with Crippen LogP contribution in [0.3, 0.4) is 0 Å². The van der Waals surface area contributed by atoms with Gasteiger partial charge in [-0.1, -0.05) is 49.0 Å². The molecule has 0 unspecified atom stereocenters. The summed E-state index contributed by atoms with van der Waals surface area (Å²) >= 11 is 1.43. The lowest BCUT2D eigenvalue weighted by atomic mass is 10.1. The molecule has 0 bridgehead atoms. The number of aromatic nitrogens is 4. The monoisotopic (exact) mass is 420 g/mol. The van der Waals surface area contributed by atoms with E-state index in [0.717, 1.165) is 33.8 Å². The first-order valence-electron chi connectivity index (χ1n) is 9.71. The maximum Gasteiger partial charge on any atom is 0.254 e. The Balaban J connectivity index is 1.51. The van der Waals surface area contributed by atoms with Gasteiger partial charge >= 0.3 is 0 Å². The molecule has 2 heterocycles. The fourth-order valence-corrected chi connectivity index (χ4v) is 4.02. The second-order valence-electron chi connectivity index (χ2n) is 6.88. The maximum atomic E-state index is 13.1. The number of halogens is 1. The van der Waals surface area contributed by atoms with Crippen LogP contribution in [0.25, 0.3) is 11.3 Å². The molecule has 30 heavy (non-hydrogen) atoms. The third-order valence-corrected chi connectivity index (χ3v) is 5.70. The maximum absolute atomic E-state index is 13.1. The lowest BCUT2D eigenvalue weighted by Crippen LogP contribution is -2.18. The second-order valence-corrected chi connectivity index (χ2v) is 7.84. The summed E-state index contributed by atoms with van der Waals surface area (Å²) < 4.78 is 13.1. The molecule has 7 heteroatoms. The SMILES string of the molecule is CCc1c(Cc2ccccc2)nc(SCc2cc(-c3ccc(F)cc3)[nH]n2)[nH]c1=O. The quantitative estimate of drug-likeness (QED) is 0.334. The number of aromatic amines is 2. The number of nitrogens with one attached hydrogen (secondary N) is 2. The summed E-state index contributed by atoms with van der Waals surface area (Å²) in [4.78, 5) is 20.2. The number of hydrogen-bond donors (Lipinski definition) is 2. The van der Waals surface area contributed by atoms with E-state index < -0.39 is 0 Å². The van der Waals surface area contributed by atoms with Gasteiger partial charge in [0.15, 0.2) is 5.16 Å². The van der Waals surface area contributed by atoms with E-state index in [1.807, 2.05) is 43.3 Å². The molecule has 0 spiro atoms. The van der Waals surface area contributed by atoms with Crippen LogP contribution in [-0.2, 0) is 18.6 Å². The molecule has 5 nitrogen and oxygen atoms in total. The third-order valence-electron chi connectivity index (χ3n) is 4.79. The zero-order chi connectivity index (χ0) is 20.9. The molecule has 0 aliphatic heterocycles. The van der Waals surface area contributed by atoms with E-state index in [2.05, 4.69) is 15.2 Å². The molecule has 2 N–H and O–H groups in total. The third kappa shape index (κ3) is 4.68. The Hall–Kier alpha value is -3.19. The average Bonchev–Trinajstić information content (AvgIpc) is 3.22. The Labute approximate surface area is 177 Å². The van der Waals surface area contributed by atoms with Gasteiger partial charge in [0, 0.05) is 17.7 Å². The van der Waals surface area contributed by atoms with Gasteiger partial charge in [0.1, 0.15) is 5.82 Å². The van der Waals surface area contributed by atoms with Crippen molar-refractivity contribution in [3.63, 3.8) is 0 Å². The van der Waals surface area contributed by atoms with Crippen LogP contribution in [0, 0.1) is 5.82 Å². The molecule has 0 amide bonds. The number of thioether (sulfide) groups is 1. The number of benzene rings is 2. The van der Waals surface area contributed by atoms with Crippen LogP contribution in [-0.4, -0.2) is 20.2 Å². The molecule has 4 aromatic rings. The topological polar surface area (TPSA) is 74.4 Å². The highest BCUT2D eigenvalue weighted by Crippen LogP contribution is 2.23. The molecule has 0 fully saturated rings. The Morgan fingerprint density at radius 2 is 1.83 bits per heavy atom. The molecule has 2 aromatic heterocycles. The second kappa shape index (κ2) is 9.09. The van der Waals surface area contributed by atoms with Crippen LogP contribution >= 0.6 is 11.8 Å². The molecule has 0 aliphatic rings. The summed E-state index contributed by atoms with van der Waals surface area (Å²) in [5.74, 6) is 0.280. The molecule has 0 saturated heterocycles. The first kappa shape index (κ1) is 20.1. The summed E-state index contributed by atoms with van der Waals surface area (Å²) in [6.45, 7) is 1.97. The van der Waals surface area contributed by atoms with Crippen LogP contribution in [0.2, 0.25) is 0 Å². The summed E-state index contributed by atoms with van der Waals surface area (Å²) in [6.07, 6.45) is 1.26. The van der Waals surface area contributed by atoms with Gasteiger partial charge in [-0.3, -0.25) is 9.89 Å². The highest BCUT2D eigenvalue weighted by atomic mass is 32.2. The largest absolute Gasteiger partial charge is 0.301 e. The summed E-state index contributed by atoms with van der Waals surface area (Å²) in [6, 6.07) is 18.2. The van der Waals surface area contributed by atoms with Gasteiger partial charge in [-0.05, 0) is 47.9 Å². The minimum absolute atomic E-state index is 0.0880. The lowest BCUT2D eigenvalue weighted by Gasteiger charge is -2.09. The fraction of sp³-hybridized carbons (Fsp3) is 0.174. The van der Waals surface area contributed by atoms with Crippen LogP contribution in [0.1, 0.15) is 29.4 Å². The normalized spacial score (nSPS) is 11.0. The van der Waals surface area contributed by atoms with Crippen LogP contribution in [0.4, 0.5) is 4.39 Å². The minimum atomic E-state index is -0.272. The van der Waals surface area contributed by atoms with Gasteiger partial charge in [-0.15, -0.1) is 0 Å². The Morgan fingerprint density at radius 3 is 2.57 bits per heavy atom. The minimum Gasteiger partial charge on any atom is -0.301 e. The summed E-state index contributed by atoms with van der Waals surface area (Å²) in [5.41, 5.74) is 5.08. The molecular formula is C23H21FN4OS. The molecule has 0 radical (unpaired) electrons. The molecule has 0 aliphatic carbocycles. The number of hydrogen-bond acceptors (Lipinski definition) is 4. The van der Waals surface area contributed by atoms with Crippen molar-refractivity contribution in [2.24, 2.45) is 0 Å². The van der Waals surface area contributed by atoms with E-state index in [1.165, 1.54) is 23.9 Å². The van der Waals surface area contributed by atoms with Crippen molar-refractivity contribution in [3.05, 3.63) is 99.3 Å². The zero-order valence-corrected chi connectivity index (χ0v) is 17.3. The van der Waals surface area contributed by atoms with Gasteiger partial charge in [0.05, 0.1) is 17.1 Å². The Kier molecular flexibility index (Phi) is 6.09. The highest BCUT2D eigenvalue weighted by molar-refractivity contribution is 7.98. The molecule has 152 valence electrons. The van der Waals surface area contributed by atoms with Gasteiger partial charge in [0.2, 0.25) is 0 Å². The van der Waals surface area contributed by atoms with Crippen LogP contribution in [0.5, 0.6) is 0 Å². The first-order valence-corrected chi connectivity index (χ1v) is 10.7. The van der Waals surface area contributed by atoms with E-state index in [1.54, 1.807) is 12.1 Å². The number of nitrogens with zero attached hydrogens (tertiary/aromatic N) is 2. The Morgan fingerprint density at radius 1 is 1.07 bits per heavy atom. The van der Waals surface area contributed by atoms with Gasteiger partial charge in [-0.2, -0.15) is 5.10 Å². The van der Waals surface area contributed by atoms with Crippen molar-refractivity contribution in [1.29, 1.82) is 0 Å². The summed E-state index contributed by atoms with van der Waals surface area (Å²) in [5, 5.41) is 7.87. The van der Waals surface area contributed by atoms with Crippen LogP contribution < -0.4 is 5.56 Å². The molecule has 0 saturated carbocycles. The molecule has 4 rings (SSSR count). The first-order chi connectivity index (χ1) is 14.6. The van der Waals surface area contributed by atoms with Gasteiger partial charge in [-0.25, -0.2) is 9.37 Å². The van der Waals surface area contributed by atoms with Crippen LogP contribution in [0.15, 0.2) is 70.6 Å². The molecular weight excluding hydrogens is 399 g/mol.